The quantitative estimate of drug-likeness (QED) is 0.362. The third-order valence-electron chi connectivity index (χ3n) is 3.85. The zero-order valence-corrected chi connectivity index (χ0v) is 15.5. The third kappa shape index (κ3) is 6.32. The van der Waals surface area contributed by atoms with Crippen LogP contribution in [0.2, 0.25) is 0 Å². The standard InChI is InChI=1S/C17H22F3N5O3/c1-11-3-4-12(13(7-11)28-10-17(18,19)20)8-23-15(21-2)22-5-6-25-14(26)9-24-16(25)27/h3-4,7H,5-6,8-10H2,1-2H3,(H,24,27)(H2,21,22,23). The molecule has 0 aromatic heterocycles. The van der Waals surface area contributed by atoms with E-state index in [-0.39, 0.29) is 37.8 Å². The lowest BCUT2D eigenvalue weighted by Gasteiger charge is -2.17. The number of nitrogens with one attached hydrogen (secondary N) is 3. The fraction of sp³-hybridized carbons (Fsp3) is 0.471. The van der Waals surface area contributed by atoms with E-state index in [1.54, 1.807) is 19.1 Å². The zero-order valence-electron chi connectivity index (χ0n) is 15.5. The molecule has 11 heteroatoms. The molecule has 8 nitrogen and oxygen atoms in total. The molecule has 0 atom stereocenters. The smallest absolute Gasteiger partial charge is 0.422 e. The van der Waals surface area contributed by atoms with E-state index in [9.17, 15) is 22.8 Å². The average molecular weight is 401 g/mol. The number of nitrogens with zero attached hydrogens (tertiary/aromatic N) is 2. The van der Waals surface area contributed by atoms with Crippen LogP contribution in [0.4, 0.5) is 18.0 Å². The highest BCUT2D eigenvalue weighted by atomic mass is 19.4. The van der Waals surface area contributed by atoms with E-state index in [2.05, 4.69) is 20.9 Å². The van der Waals surface area contributed by atoms with Crippen LogP contribution < -0.4 is 20.7 Å². The number of benzene rings is 1. The van der Waals surface area contributed by atoms with Crippen LogP contribution in [0.1, 0.15) is 11.1 Å². The first-order chi connectivity index (χ1) is 13.2. The highest BCUT2D eigenvalue weighted by molar-refractivity contribution is 6.01. The summed E-state index contributed by atoms with van der Waals surface area (Å²) >= 11 is 0. The Hall–Kier alpha value is -2.98. The zero-order chi connectivity index (χ0) is 20.7. The van der Waals surface area contributed by atoms with Gasteiger partial charge in [0.15, 0.2) is 12.6 Å². The van der Waals surface area contributed by atoms with E-state index in [4.69, 9.17) is 4.74 Å². The molecule has 28 heavy (non-hydrogen) atoms. The minimum Gasteiger partial charge on any atom is -0.484 e. The molecule has 3 amide bonds. The predicted octanol–water partition coefficient (Wildman–Crippen LogP) is 1.15. The summed E-state index contributed by atoms with van der Waals surface area (Å²) in [4.78, 5) is 28.1. The van der Waals surface area contributed by atoms with Crippen molar-refractivity contribution in [1.82, 2.24) is 20.9 Å². The van der Waals surface area contributed by atoms with Crippen molar-refractivity contribution in [2.45, 2.75) is 19.6 Å². The minimum absolute atomic E-state index is 0.0140. The van der Waals surface area contributed by atoms with E-state index in [1.165, 1.54) is 13.1 Å². The average Bonchev–Trinajstić information content (AvgIpc) is 2.95. The van der Waals surface area contributed by atoms with E-state index in [0.29, 0.717) is 11.5 Å². The Kier molecular flexibility index (Phi) is 7.07. The molecule has 1 saturated heterocycles. The van der Waals surface area contributed by atoms with E-state index in [0.717, 1.165) is 10.5 Å². The van der Waals surface area contributed by atoms with Crippen molar-refractivity contribution in [1.29, 1.82) is 0 Å². The Morgan fingerprint density at radius 3 is 2.68 bits per heavy atom. The number of imide groups is 1. The van der Waals surface area contributed by atoms with Gasteiger partial charge in [0.05, 0.1) is 6.54 Å². The fourth-order valence-electron chi connectivity index (χ4n) is 2.47. The van der Waals surface area contributed by atoms with Crippen molar-refractivity contribution in [2.24, 2.45) is 4.99 Å². The lowest BCUT2D eigenvalue weighted by atomic mass is 10.1. The number of aryl methyl sites for hydroxylation is 1. The summed E-state index contributed by atoms with van der Waals surface area (Å²) in [5.74, 6) is 0.204. The lowest BCUT2D eigenvalue weighted by molar-refractivity contribution is -0.153. The monoisotopic (exact) mass is 401 g/mol. The predicted molar refractivity (Wildman–Crippen MR) is 96.0 cm³/mol. The Bertz CT molecular complexity index is 736. The van der Waals surface area contributed by atoms with Crippen molar-refractivity contribution in [2.75, 3.05) is 33.3 Å². The van der Waals surface area contributed by atoms with Crippen LogP contribution in [-0.2, 0) is 11.3 Å². The SMILES string of the molecule is CN=C(NCCN1C(=O)CNC1=O)NCc1ccc(C)cc1OCC(F)(F)F. The summed E-state index contributed by atoms with van der Waals surface area (Å²) < 4.78 is 42.2. The van der Waals surface area contributed by atoms with Gasteiger partial charge in [-0.15, -0.1) is 0 Å². The number of rotatable bonds is 7. The van der Waals surface area contributed by atoms with Gasteiger partial charge in [0.1, 0.15) is 5.75 Å². The van der Waals surface area contributed by atoms with Crippen LogP contribution in [-0.4, -0.2) is 62.3 Å². The van der Waals surface area contributed by atoms with Gasteiger partial charge in [-0.3, -0.25) is 14.7 Å². The molecule has 0 bridgehead atoms. The van der Waals surface area contributed by atoms with E-state index >= 15 is 0 Å². The fourth-order valence-corrected chi connectivity index (χ4v) is 2.47. The maximum Gasteiger partial charge on any atom is 0.422 e. The molecule has 1 aliphatic rings. The maximum absolute atomic E-state index is 12.4. The second-order valence-electron chi connectivity index (χ2n) is 6.07. The number of amides is 3. The van der Waals surface area contributed by atoms with Crippen molar-refractivity contribution < 1.29 is 27.5 Å². The van der Waals surface area contributed by atoms with Crippen LogP contribution in [0.15, 0.2) is 23.2 Å². The molecule has 0 spiro atoms. The summed E-state index contributed by atoms with van der Waals surface area (Å²) in [6, 6.07) is 4.54. The Balaban J connectivity index is 1.88. The first kappa shape index (κ1) is 21.3. The highest BCUT2D eigenvalue weighted by Crippen LogP contribution is 2.23. The number of aliphatic imine (C=N–C) groups is 1. The first-order valence-electron chi connectivity index (χ1n) is 8.51. The summed E-state index contributed by atoms with van der Waals surface area (Å²) in [5.41, 5.74) is 1.31. The van der Waals surface area contributed by atoms with Crippen molar-refractivity contribution in [3.05, 3.63) is 29.3 Å². The molecule has 1 heterocycles. The molecule has 1 aromatic carbocycles. The topological polar surface area (TPSA) is 95.1 Å². The van der Waals surface area contributed by atoms with Gasteiger partial charge >= 0.3 is 12.2 Å². The number of carbonyl (C=O) groups excluding carboxylic acids is 2. The van der Waals surface area contributed by atoms with Gasteiger partial charge in [-0.25, -0.2) is 4.79 Å². The van der Waals surface area contributed by atoms with Gasteiger partial charge in [-0.2, -0.15) is 13.2 Å². The van der Waals surface area contributed by atoms with Gasteiger partial charge in [0, 0.05) is 32.2 Å². The third-order valence-corrected chi connectivity index (χ3v) is 3.85. The second kappa shape index (κ2) is 9.29. The normalized spacial score (nSPS) is 14.9. The van der Waals surface area contributed by atoms with E-state index in [1.807, 2.05) is 0 Å². The molecule has 2 rings (SSSR count). The number of urea groups is 1. The molecule has 3 N–H and O–H groups in total. The number of alkyl halides is 3. The summed E-state index contributed by atoms with van der Waals surface area (Å²) in [6.07, 6.45) is -4.43. The molecule has 0 aliphatic carbocycles. The van der Waals surface area contributed by atoms with Crippen molar-refractivity contribution in [3.8, 4) is 5.75 Å². The maximum atomic E-state index is 12.4. The van der Waals surface area contributed by atoms with Gasteiger partial charge in [-0.1, -0.05) is 12.1 Å². The van der Waals surface area contributed by atoms with Gasteiger partial charge in [0.2, 0.25) is 5.91 Å². The van der Waals surface area contributed by atoms with Crippen LogP contribution in [0.25, 0.3) is 0 Å². The molecule has 1 aromatic rings. The van der Waals surface area contributed by atoms with Gasteiger partial charge < -0.3 is 20.7 Å². The second-order valence-corrected chi connectivity index (χ2v) is 6.07. The van der Waals surface area contributed by atoms with Crippen LogP contribution in [0.3, 0.4) is 0 Å². The summed E-state index contributed by atoms with van der Waals surface area (Å²) in [6.45, 7) is 0.979. The van der Waals surface area contributed by atoms with Crippen LogP contribution in [0, 0.1) is 6.92 Å². The number of carbonyl (C=O) groups is 2. The number of hydrogen-bond acceptors (Lipinski definition) is 4. The highest BCUT2D eigenvalue weighted by Gasteiger charge is 2.29. The molecular formula is C17H22F3N5O3. The van der Waals surface area contributed by atoms with Crippen LogP contribution >= 0.6 is 0 Å². The number of halogens is 3. The number of guanidine groups is 1. The molecule has 154 valence electrons. The number of hydrogen-bond donors (Lipinski definition) is 3. The first-order valence-corrected chi connectivity index (χ1v) is 8.51. The lowest BCUT2D eigenvalue weighted by Crippen LogP contribution is -2.43. The Labute approximate surface area is 160 Å². The summed E-state index contributed by atoms with van der Waals surface area (Å²) in [7, 11) is 1.53. The summed E-state index contributed by atoms with van der Waals surface area (Å²) in [5, 5.41) is 8.32. The molecule has 0 unspecified atom stereocenters. The van der Waals surface area contributed by atoms with Gasteiger partial charge in [0.25, 0.3) is 0 Å². The van der Waals surface area contributed by atoms with Crippen LogP contribution in [0.5, 0.6) is 5.75 Å². The van der Waals surface area contributed by atoms with E-state index < -0.39 is 18.8 Å². The Morgan fingerprint density at radius 2 is 2.07 bits per heavy atom. The molecule has 1 fully saturated rings. The largest absolute Gasteiger partial charge is 0.484 e. The molecule has 0 saturated carbocycles. The molecule has 1 aliphatic heterocycles. The number of ether oxygens (including phenoxy) is 1. The van der Waals surface area contributed by atoms with Crippen molar-refractivity contribution >= 4 is 17.9 Å². The Morgan fingerprint density at radius 1 is 1.32 bits per heavy atom. The molecular weight excluding hydrogens is 379 g/mol. The molecule has 0 radical (unpaired) electrons. The minimum atomic E-state index is -4.43. The van der Waals surface area contributed by atoms with Crippen molar-refractivity contribution in [3.63, 3.8) is 0 Å². The van der Waals surface area contributed by atoms with Gasteiger partial charge in [-0.05, 0) is 18.6 Å².